The molecule has 12 heteroatoms. The van der Waals surface area contributed by atoms with Crippen LogP contribution in [0.2, 0.25) is 51.4 Å². The van der Waals surface area contributed by atoms with E-state index in [2.05, 4.69) is 43.8 Å². The maximum atomic E-state index is 13.2. The summed E-state index contributed by atoms with van der Waals surface area (Å²) in [5.41, 5.74) is 3.88. The van der Waals surface area contributed by atoms with E-state index >= 15 is 0 Å². The van der Waals surface area contributed by atoms with Crippen molar-refractivity contribution < 1.29 is 42.5 Å². The van der Waals surface area contributed by atoms with Gasteiger partial charge >= 0.3 is 19.5 Å². The lowest BCUT2D eigenvalue weighted by atomic mass is 9.93. The monoisotopic (exact) mass is 668 g/mol. The summed E-state index contributed by atoms with van der Waals surface area (Å²) >= 11 is 0. The molecule has 1 aliphatic rings. The zero-order valence-electron chi connectivity index (χ0n) is 28.3. The molecule has 9 nitrogen and oxygen atoms in total. The van der Waals surface area contributed by atoms with Crippen molar-refractivity contribution in [2.24, 2.45) is 5.92 Å². The minimum absolute atomic E-state index is 0.129. The molecule has 1 N–H and O–H groups in total. The van der Waals surface area contributed by atoms with Crippen molar-refractivity contribution in [2.45, 2.75) is 91.1 Å². The Hall–Kier alpha value is -2.18. The molecule has 0 aromatic heterocycles. The summed E-state index contributed by atoms with van der Waals surface area (Å²) in [5, 5.41) is 0. The predicted molar refractivity (Wildman–Crippen MR) is 181 cm³/mol. The fourth-order valence-corrected chi connectivity index (χ4v) is 6.75. The van der Waals surface area contributed by atoms with Crippen molar-refractivity contribution in [3.05, 3.63) is 46.1 Å². The van der Waals surface area contributed by atoms with E-state index in [9.17, 15) is 19.0 Å². The molecule has 44 heavy (non-hydrogen) atoms. The second kappa shape index (κ2) is 16.4. The average Bonchev–Trinajstić information content (AvgIpc) is 3.30. The number of fused-ring (bicyclic) bond motifs is 1. The Morgan fingerprint density at radius 2 is 1.68 bits per heavy atom. The quantitative estimate of drug-likeness (QED) is 0.0732. The minimum atomic E-state index is -3.67. The molecule has 2 unspecified atom stereocenters. The van der Waals surface area contributed by atoms with Gasteiger partial charge in [0.1, 0.15) is 23.7 Å². The Morgan fingerprint density at radius 3 is 2.27 bits per heavy atom. The highest BCUT2D eigenvalue weighted by Crippen LogP contribution is 2.43. The number of cyclic esters (lactones) is 1. The number of rotatable bonds is 18. The number of methoxy groups -OCH3 is 1. The van der Waals surface area contributed by atoms with Crippen molar-refractivity contribution in [1.82, 2.24) is 0 Å². The predicted octanol–water partition coefficient (Wildman–Crippen LogP) is 7.55. The van der Waals surface area contributed by atoms with Crippen molar-refractivity contribution in [1.29, 1.82) is 0 Å². The van der Waals surface area contributed by atoms with Crippen molar-refractivity contribution in [3.8, 4) is 11.5 Å². The first-order valence-corrected chi connectivity index (χ1v) is 24.4. The number of esters is 2. The van der Waals surface area contributed by atoms with Gasteiger partial charge < -0.3 is 28.4 Å². The van der Waals surface area contributed by atoms with Crippen molar-refractivity contribution in [3.63, 3.8) is 0 Å². The van der Waals surface area contributed by atoms with Gasteiger partial charge in [-0.25, -0.2) is 4.79 Å². The Kier molecular flexibility index (Phi) is 14.2. The molecular formula is C32H53O9PSi2. The summed E-state index contributed by atoms with van der Waals surface area (Å²) in [6.45, 7) is 18.5. The molecule has 2 atom stereocenters. The van der Waals surface area contributed by atoms with Gasteiger partial charge in [0, 0.05) is 34.4 Å². The van der Waals surface area contributed by atoms with Gasteiger partial charge in [0.05, 0.1) is 32.4 Å². The average molecular weight is 669 g/mol. The summed E-state index contributed by atoms with van der Waals surface area (Å²) in [6.07, 6.45) is 6.46. The third-order valence-electron chi connectivity index (χ3n) is 7.59. The zero-order chi connectivity index (χ0) is 33.3. The molecule has 0 saturated carbocycles. The molecule has 0 aliphatic carbocycles. The van der Waals surface area contributed by atoms with Crippen LogP contribution < -0.4 is 9.47 Å². The molecule has 2 rings (SSSR count). The molecule has 248 valence electrons. The van der Waals surface area contributed by atoms with Crippen LogP contribution in [-0.4, -0.2) is 66.6 Å². The third-order valence-corrected chi connectivity index (χ3v) is 12.2. The van der Waals surface area contributed by atoms with Crippen LogP contribution in [-0.2, 0) is 36.4 Å². The van der Waals surface area contributed by atoms with Gasteiger partial charge in [0.2, 0.25) is 0 Å². The number of carbonyl (C=O) groups is 2. The first-order chi connectivity index (χ1) is 20.4. The largest absolute Gasteiger partial charge is 0.496 e. The molecule has 1 aromatic carbocycles. The van der Waals surface area contributed by atoms with E-state index in [1.807, 2.05) is 19.9 Å². The summed E-state index contributed by atoms with van der Waals surface area (Å²) in [6, 6.07) is 1.81. The molecule has 0 saturated heterocycles. The molecule has 0 amide bonds. The smallest absolute Gasteiger partial charge is 0.342 e. The van der Waals surface area contributed by atoms with Gasteiger partial charge in [0.25, 0.3) is 0 Å². The highest BCUT2D eigenvalue weighted by Gasteiger charge is 2.33. The Bertz CT molecular complexity index is 1280. The van der Waals surface area contributed by atoms with Crippen molar-refractivity contribution in [2.75, 3.05) is 33.6 Å². The fraction of sp³-hybridized carbons (Fsp3) is 0.625. The number of hydrogen-bond donors (Lipinski definition) is 1. The Morgan fingerprint density at radius 1 is 1.05 bits per heavy atom. The Labute approximate surface area is 265 Å². The molecular weight excluding hydrogens is 615 g/mol. The zero-order valence-corrected chi connectivity index (χ0v) is 31.2. The number of benzene rings is 1. The highest BCUT2D eigenvalue weighted by molar-refractivity contribution is 7.53. The first-order valence-electron chi connectivity index (χ1n) is 15.3. The van der Waals surface area contributed by atoms with E-state index in [0.717, 1.165) is 34.4 Å². The van der Waals surface area contributed by atoms with E-state index in [1.54, 1.807) is 19.3 Å². The summed E-state index contributed by atoms with van der Waals surface area (Å²) in [5.74, 6) is 0.0546. The van der Waals surface area contributed by atoms with Crippen LogP contribution in [0.3, 0.4) is 0 Å². The van der Waals surface area contributed by atoms with Crippen LogP contribution in [0, 0.1) is 12.8 Å². The van der Waals surface area contributed by atoms with Crippen molar-refractivity contribution >= 4 is 35.7 Å². The lowest BCUT2D eigenvalue weighted by molar-refractivity contribution is -0.147. The standard InChI is InChI=1S/C32H53O9PSi2/c1-23(21-25(13-11-12-18-42(35,36)38-4)31(33)40-17-20-44(8,9)10)14-15-26-29(37-3)24(2)27-22-41-32(34)28(27)30(26)39-16-19-43(5,6)7/h11-12,14,25H,13,15-22H2,1-10H3,(H,35,36)/b12-11+,23-14+. The fourth-order valence-electron chi connectivity index (χ4n) is 4.76. The molecule has 1 aliphatic heterocycles. The van der Waals surface area contributed by atoms with Gasteiger partial charge in [0.15, 0.2) is 0 Å². The van der Waals surface area contributed by atoms with Gasteiger partial charge in [-0.05, 0) is 50.8 Å². The topological polar surface area (TPSA) is 118 Å². The number of ether oxygens (including phenoxy) is 4. The van der Waals surface area contributed by atoms with Crippen LogP contribution in [0.15, 0.2) is 23.8 Å². The van der Waals surface area contributed by atoms with Crippen LogP contribution in [0.1, 0.15) is 46.8 Å². The summed E-state index contributed by atoms with van der Waals surface area (Å²) < 4.78 is 39.8. The van der Waals surface area contributed by atoms with E-state index in [0.29, 0.717) is 49.5 Å². The molecule has 1 heterocycles. The van der Waals surface area contributed by atoms with Crippen LogP contribution in [0.25, 0.3) is 0 Å². The maximum Gasteiger partial charge on any atom is 0.342 e. The number of hydrogen-bond acceptors (Lipinski definition) is 8. The van der Waals surface area contributed by atoms with E-state index < -0.39 is 29.7 Å². The second-order valence-corrected chi connectivity index (χ2v) is 27.1. The van der Waals surface area contributed by atoms with Gasteiger partial charge in [-0.3, -0.25) is 9.36 Å². The molecule has 1 aromatic rings. The Balaban J connectivity index is 2.35. The number of carbonyl (C=O) groups excluding carboxylic acids is 2. The van der Waals surface area contributed by atoms with E-state index in [4.69, 9.17) is 18.9 Å². The van der Waals surface area contributed by atoms with Crippen LogP contribution >= 0.6 is 7.60 Å². The first kappa shape index (κ1) is 38.0. The summed E-state index contributed by atoms with van der Waals surface area (Å²) in [7, 11) is -3.62. The molecule has 0 bridgehead atoms. The highest BCUT2D eigenvalue weighted by atomic mass is 31.2. The third kappa shape index (κ3) is 12.0. The lowest BCUT2D eigenvalue weighted by Gasteiger charge is -2.22. The number of allylic oxidation sites excluding steroid dienone is 4. The van der Waals surface area contributed by atoms with E-state index in [-0.39, 0.29) is 24.7 Å². The minimum Gasteiger partial charge on any atom is -0.496 e. The molecule has 0 fully saturated rings. The van der Waals surface area contributed by atoms with Crippen LogP contribution in [0.5, 0.6) is 11.5 Å². The summed E-state index contributed by atoms with van der Waals surface area (Å²) in [4.78, 5) is 35.7. The molecule has 0 spiro atoms. The van der Waals surface area contributed by atoms with Gasteiger partial charge in [-0.2, -0.15) is 0 Å². The second-order valence-electron chi connectivity index (χ2n) is 13.9. The maximum absolute atomic E-state index is 13.2. The van der Waals surface area contributed by atoms with E-state index in [1.165, 1.54) is 7.11 Å². The van der Waals surface area contributed by atoms with Crippen LogP contribution in [0.4, 0.5) is 0 Å². The molecule has 0 radical (unpaired) electrons. The lowest BCUT2D eigenvalue weighted by Crippen LogP contribution is -2.25. The normalized spacial score (nSPS) is 16.0. The van der Waals surface area contributed by atoms with Gasteiger partial charge in [-0.1, -0.05) is 63.1 Å². The SMILES string of the molecule is COc1c(C)c2c(c(OCC[Si](C)(C)C)c1C/C=C(\C)CC(C/C=C/CP(=O)(O)OC)C(=O)OCC[Si](C)(C)C)C(=O)OC2. The van der Waals surface area contributed by atoms with Gasteiger partial charge in [-0.15, -0.1) is 0 Å².